The number of piperazine rings is 1. The van der Waals surface area contributed by atoms with Crippen LogP contribution in [0, 0.1) is 0 Å². The number of aryl methyl sites for hydroxylation is 1. The second kappa shape index (κ2) is 8.41. The maximum absolute atomic E-state index is 12.3. The van der Waals surface area contributed by atoms with Gasteiger partial charge in [0.1, 0.15) is 0 Å². The Bertz CT molecular complexity index is 741. The molecule has 0 bridgehead atoms. The van der Waals surface area contributed by atoms with E-state index in [4.69, 9.17) is 34.8 Å². The average Bonchev–Trinajstić information content (AvgIpc) is 3.01. The van der Waals surface area contributed by atoms with Crippen molar-refractivity contribution in [1.82, 2.24) is 19.6 Å². The van der Waals surface area contributed by atoms with Crippen LogP contribution >= 0.6 is 34.8 Å². The zero-order valence-electron chi connectivity index (χ0n) is 13.7. The van der Waals surface area contributed by atoms with E-state index >= 15 is 0 Å². The third kappa shape index (κ3) is 5.11. The third-order valence-corrected chi connectivity index (χ3v) is 5.07. The number of amides is 1. The third-order valence-electron chi connectivity index (χ3n) is 4.29. The molecule has 0 spiro atoms. The summed E-state index contributed by atoms with van der Waals surface area (Å²) >= 11 is 18.0. The second-order valence-corrected chi connectivity index (χ2v) is 7.34. The molecular weight excluding hydrogens is 383 g/mol. The van der Waals surface area contributed by atoms with Gasteiger partial charge in [-0.2, -0.15) is 5.10 Å². The summed E-state index contributed by atoms with van der Waals surface area (Å²) in [6.45, 7) is 4.43. The van der Waals surface area contributed by atoms with Crippen LogP contribution in [-0.4, -0.2) is 51.7 Å². The van der Waals surface area contributed by atoms with Crippen molar-refractivity contribution in [2.24, 2.45) is 0 Å². The molecule has 1 fully saturated rings. The molecule has 25 heavy (non-hydrogen) atoms. The molecule has 3 rings (SSSR count). The van der Waals surface area contributed by atoms with E-state index in [9.17, 15) is 4.79 Å². The van der Waals surface area contributed by atoms with E-state index in [1.165, 1.54) is 0 Å². The Morgan fingerprint density at radius 2 is 1.84 bits per heavy atom. The molecule has 0 N–H and O–H groups in total. The van der Waals surface area contributed by atoms with Crippen LogP contribution in [0.1, 0.15) is 12.0 Å². The highest BCUT2D eigenvalue weighted by Crippen LogP contribution is 2.22. The Hall–Kier alpha value is -1.27. The van der Waals surface area contributed by atoms with E-state index in [0.717, 1.165) is 38.3 Å². The van der Waals surface area contributed by atoms with Gasteiger partial charge in [-0.05, 0) is 17.7 Å². The molecule has 2 heterocycles. The molecule has 1 aliphatic heterocycles. The lowest BCUT2D eigenvalue weighted by molar-refractivity contribution is -0.133. The molecule has 2 aromatic rings. The molecule has 0 saturated carbocycles. The van der Waals surface area contributed by atoms with Crippen molar-refractivity contribution in [2.45, 2.75) is 19.5 Å². The normalized spacial score (nSPS) is 15.6. The highest BCUT2D eigenvalue weighted by molar-refractivity contribution is 6.35. The van der Waals surface area contributed by atoms with E-state index in [2.05, 4.69) is 10.00 Å². The van der Waals surface area contributed by atoms with Gasteiger partial charge >= 0.3 is 0 Å². The summed E-state index contributed by atoms with van der Waals surface area (Å²) in [5.41, 5.74) is 1.06. The fourth-order valence-corrected chi connectivity index (χ4v) is 3.50. The minimum absolute atomic E-state index is 0.149. The highest BCUT2D eigenvalue weighted by Gasteiger charge is 2.21. The lowest BCUT2D eigenvalue weighted by Crippen LogP contribution is -2.48. The van der Waals surface area contributed by atoms with Gasteiger partial charge in [-0.25, -0.2) is 0 Å². The van der Waals surface area contributed by atoms with Crippen LogP contribution in [-0.2, 0) is 17.9 Å². The number of rotatable bonds is 5. The van der Waals surface area contributed by atoms with Crippen LogP contribution in [0.5, 0.6) is 0 Å². The molecule has 8 heteroatoms. The first-order valence-corrected chi connectivity index (χ1v) is 9.26. The number of carbonyl (C=O) groups is 1. The smallest absolute Gasteiger partial charge is 0.224 e. The van der Waals surface area contributed by atoms with Crippen LogP contribution < -0.4 is 0 Å². The topological polar surface area (TPSA) is 41.4 Å². The zero-order chi connectivity index (χ0) is 17.8. The van der Waals surface area contributed by atoms with Gasteiger partial charge in [0, 0.05) is 61.9 Å². The predicted octanol–water partition coefficient (Wildman–Crippen LogP) is 3.58. The predicted molar refractivity (Wildman–Crippen MR) is 100 cm³/mol. The summed E-state index contributed by atoms with van der Waals surface area (Å²) in [6, 6.07) is 5.57. The van der Waals surface area contributed by atoms with E-state index in [-0.39, 0.29) is 5.91 Å². The first-order chi connectivity index (χ1) is 12.0. The van der Waals surface area contributed by atoms with Gasteiger partial charge < -0.3 is 4.90 Å². The molecular formula is C17H19Cl3N4O. The fraction of sp³-hybridized carbons (Fsp3) is 0.412. The van der Waals surface area contributed by atoms with Crippen molar-refractivity contribution >= 4 is 40.7 Å². The van der Waals surface area contributed by atoms with E-state index in [0.29, 0.717) is 28.0 Å². The van der Waals surface area contributed by atoms with Gasteiger partial charge in [-0.15, -0.1) is 0 Å². The van der Waals surface area contributed by atoms with E-state index in [1.807, 2.05) is 17.0 Å². The van der Waals surface area contributed by atoms with E-state index < -0.39 is 0 Å². The number of carbonyl (C=O) groups excluding carboxylic acids is 1. The monoisotopic (exact) mass is 400 g/mol. The summed E-state index contributed by atoms with van der Waals surface area (Å²) in [6.07, 6.45) is 3.73. The molecule has 1 amide bonds. The first kappa shape index (κ1) is 18.5. The Balaban J connectivity index is 1.45. The quantitative estimate of drug-likeness (QED) is 0.769. The molecule has 0 unspecified atom stereocenters. The van der Waals surface area contributed by atoms with Crippen LogP contribution in [0.25, 0.3) is 0 Å². The number of aromatic nitrogens is 2. The molecule has 1 aliphatic rings. The SMILES string of the molecule is O=C(CCn1cc(Cl)cn1)N1CCN(Cc2ccc(Cl)cc2Cl)CC1. The maximum atomic E-state index is 12.3. The van der Waals surface area contributed by atoms with Crippen molar-refractivity contribution in [1.29, 1.82) is 0 Å². The van der Waals surface area contributed by atoms with Crippen molar-refractivity contribution < 1.29 is 4.79 Å². The average molecular weight is 402 g/mol. The van der Waals surface area contributed by atoms with E-state index in [1.54, 1.807) is 23.1 Å². The summed E-state index contributed by atoms with van der Waals surface area (Å²) in [5.74, 6) is 0.149. The zero-order valence-corrected chi connectivity index (χ0v) is 15.9. The van der Waals surface area contributed by atoms with Crippen LogP contribution in [0.15, 0.2) is 30.6 Å². The van der Waals surface area contributed by atoms with Gasteiger partial charge in [0.25, 0.3) is 0 Å². The largest absolute Gasteiger partial charge is 0.340 e. The minimum Gasteiger partial charge on any atom is -0.340 e. The number of halogens is 3. The second-order valence-electron chi connectivity index (χ2n) is 6.06. The minimum atomic E-state index is 0.149. The van der Waals surface area contributed by atoms with Gasteiger partial charge in [0.2, 0.25) is 5.91 Å². The molecule has 1 aromatic carbocycles. The van der Waals surface area contributed by atoms with Gasteiger partial charge in [0.05, 0.1) is 11.2 Å². The Labute approximate surface area is 162 Å². The fourth-order valence-electron chi connectivity index (χ4n) is 2.88. The highest BCUT2D eigenvalue weighted by atomic mass is 35.5. The molecule has 134 valence electrons. The molecule has 1 saturated heterocycles. The van der Waals surface area contributed by atoms with Crippen molar-refractivity contribution in [2.75, 3.05) is 26.2 Å². The van der Waals surface area contributed by atoms with Gasteiger partial charge in [0.15, 0.2) is 0 Å². The van der Waals surface area contributed by atoms with Crippen molar-refractivity contribution in [3.05, 3.63) is 51.2 Å². The van der Waals surface area contributed by atoms with Crippen LogP contribution in [0.2, 0.25) is 15.1 Å². The van der Waals surface area contributed by atoms with Crippen molar-refractivity contribution in [3.63, 3.8) is 0 Å². The number of hydrogen-bond donors (Lipinski definition) is 0. The number of benzene rings is 1. The summed E-state index contributed by atoms with van der Waals surface area (Å²) < 4.78 is 1.69. The van der Waals surface area contributed by atoms with Gasteiger partial charge in [-0.1, -0.05) is 40.9 Å². The molecule has 0 aliphatic carbocycles. The lowest BCUT2D eigenvalue weighted by atomic mass is 10.2. The van der Waals surface area contributed by atoms with Crippen molar-refractivity contribution in [3.8, 4) is 0 Å². The Morgan fingerprint density at radius 1 is 1.08 bits per heavy atom. The standard InChI is InChI=1S/C17H19Cl3N4O/c18-14-2-1-13(16(20)9-14)11-22-5-7-23(8-6-22)17(25)3-4-24-12-15(19)10-21-24/h1-2,9-10,12H,3-8,11H2. The van der Waals surface area contributed by atoms with Gasteiger partial charge in [-0.3, -0.25) is 14.4 Å². The lowest BCUT2D eigenvalue weighted by Gasteiger charge is -2.35. The molecule has 0 atom stereocenters. The molecule has 5 nitrogen and oxygen atoms in total. The first-order valence-electron chi connectivity index (χ1n) is 8.13. The maximum Gasteiger partial charge on any atom is 0.224 e. The van der Waals surface area contributed by atoms with Crippen LogP contribution in [0.3, 0.4) is 0 Å². The molecule has 0 radical (unpaired) electrons. The summed E-state index contributed by atoms with van der Waals surface area (Å²) in [5, 5.41) is 6.00. The van der Waals surface area contributed by atoms with Crippen LogP contribution in [0.4, 0.5) is 0 Å². The summed E-state index contributed by atoms with van der Waals surface area (Å²) in [7, 11) is 0. The molecule has 1 aromatic heterocycles. The Morgan fingerprint density at radius 3 is 2.48 bits per heavy atom. The summed E-state index contributed by atoms with van der Waals surface area (Å²) in [4.78, 5) is 16.5. The number of nitrogens with zero attached hydrogens (tertiary/aromatic N) is 4. The number of hydrogen-bond acceptors (Lipinski definition) is 3. The Kier molecular flexibility index (Phi) is 6.23.